The van der Waals surface area contributed by atoms with Gasteiger partial charge in [0.05, 0.1) is 10.7 Å². The second-order valence-electron chi connectivity index (χ2n) is 4.95. The van der Waals surface area contributed by atoms with Crippen molar-refractivity contribution in [1.82, 2.24) is 5.32 Å². The lowest BCUT2D eigenvalue weighted by Gasteiger charge is -2.08. The molecule has 0 bridgehead atoms. The number of carbonyl (C=O) groups excluding carboxylic acids is 2. The van der Waals surface area contributed by atoms with Crippen molar-refractivity contribution >= 4 is 40.7 Å². The fraction of sp³-hybridized carbons (Fsp3) is 0.125. The van der Waals surface area contributed by atoms with Gasteiger partial charge in [0.25, 0.3) is 0 Å². The van der Waals surface area contributed by atoms with Gasteiger partial charge in [-0.15, -0.1) is 0 Å². The molecular formula is C16H12Cl2N2O4. The minimum atomic E-state index is -0.819. The van der Waals surface area contributed by atoms with E-state index in [-0.39, 0.29) is 18.4 Å². The number of amides is 2. The summed E-state index contributed by atoms with van der Waals surface area (Å²) in [6.07, 6.45) is 0. The van der Waals surface area contributed by atoms with Crippen LogP contribution < -0.4 is 20.1 Å². The maximum Gasteiger partial charge on any atom is 0.313 e. The smallest absolute Gasteiger partial charge is 0.313 e. The predicted octanol–water partition coefficient (Wildman–Crippen LogP) is 2.98. The number of benzene rings is 2. The number of halogens is 2. The van der Waals surface area contributed by atoms with Gasteiger partial charge in [-0.05, 0) is 35.9 Å². The van der Waals surface area contributed by atoms with E-state index in [1.165, 1.54) is 12.1 Å². The van der Waals surface area contributed by atoms with Gasteiger partial charge in [-0.3, -0.25) is 9.59 Å². The first-order chi connectivity index (χ1) is 11.5. The van der Waals surface area contributed by atoms with Crippen LogP contribution in [-0.4, -0.2) is 18.6 Å². The van der Waals surface area contributed by atoms with Crippen molar-refractivity contribution in [3.8, 4) is 11.5 Å². The average Bonchev–Trinajstić information content (AvgIpc) is 3.02. The SMILES string of the molecule is O=C(NCc1ccc2c(c1)OCO2)C(=O)Nc1ccc(Cl)cc1Cl. The molecule has 2 amide bonds. The van der Waals surface area contributed by atoms with Gasteiger partial charge in [-0.25, -0.2) is 0 Å². The van der Waals surface area contributed by atoms with Crippen molar-refractivity contribution in [3.63, 3.8) is 0 Å². The Balaban J connectivity index is 1.57. The summed E-state index contributed by atoms with van der Waals surface area (Å²) in [6.45, 7) is 0.354. The monoisotopic (exact) mass is 366 g/mol. The Morgan fingerprint density at radius 1 is 1.00 bits per heavy atom. The number of ether oxygens (including phenoxy) is 2. The summed E-state index contributed by atoms with van der Waals surface area (Å²) in [7, 11) is 0. The third-order valence-electron chi connectivity index (χ3n) is 3.28. The zero-order valence-electron chi connectivity index (χ0n) is 12.3. The molecule has 3 rings (SSSR count). The fourth-order valence-corrected chi connectivity index (χ4v) is 2.54. The van der Waals surface area contributed by atoms with Gasteiger partial charge >= 0.3 is 11.8 Å². The molecule has 0 saturated heterocycles. The van der Waals surface area contributed by atoms with Crippen LogP contribution in [0.1, 0.15) is 5.56 Å². The van der Waals surface area contributed by atoms with Crippen LogP contribution in [0, 0.1) is 0 Å². The molecule has 2 N–H and O–H groups in total. The number of carbonyl (C=O) groups is 2. The number of anilines is 1. The van der Waals surface area contributed by atoms with Crippen molar-refractivity contribution in [2.45, 2.75) is 6.54 Å². The van der Waals surface area contributed by atoms with E-state index in [0.717, 1.165) is 5.56 Å². The van der Waals surface area contributed by atoms with Crippen LogP contribution in [0.25, 0.3) is 0 Å². The van der Waals surface area contributed by atoms with Crippen molar-refractivity contribution in [3.05, 3.63) is 52.0 Å². The molecule has 0 aromatic heterocycles. The van der Waals surface area contributed by atoms with Gasteiger partial charge in [0, 0.05) is 11.6 Å². The maximum atomic E-state index is 11.9. The van der Waals surface area contributed by atoms with Crippen molar-refractivity contribution in [1.29, 1.82) is 0 Å². The Kier molecular flexibility index (Phi) is 4.78. The Labute approximate surface area is 147 Å². The molecule has 1 aliphatic heterocycles. The highest BCUT2D eigenvalue weighted by molar-refractivity contribution is 6.42. The third-order valence-corrected chi connectivity index (χ3v) is 3.82. The van der Waals surface area contributed by atoms with Gasteiger partial charge in [-0.2, -0.15) is 0 Å². The summed E-state index contributed by atoms with van der Waals surface area (Å²) in [5.74, 6) is -0.335. The quantitative estimate of drug-likeness (QED) is 0.818. The van der Waals surface area contributed by atoms with E-state index in [2.05, 4.69) is 10.6 Å². The van der Waals surface area contributed by atoms with Crippen LogP contribution in [0.15, 0.2) is 36.4 Å². The highest BCUT2D eigenvalue weighted by Crippen LogP contribution is 2.32. The average molecular weight is 367 g/mol. The molecule has 0 fully saturated rings. The highest BCUT2D eigenvalue weighted by atomic mass is 35.5. The largest absolute Gasteiger partial charge is 0.454 e. The molecule has 1 aliphatic rings. The summed E-state index contributed by atoms with van der Waals surface area (Å²) < 4.78 is 10.5. The standard InChI is InChI=1S/C16H12Cl2N2O4/c17-10-2-3-12(11(18)6-10)20-16(22)15(21)19-7-9-1-4-13-14(5-9)24-8-23-13/h1-6H,7-8H2,(H,19,21)(H,20,22). The zero-order chi connectivity index (χ0) is 17.1. The van der Waals surface area contributed by atoms with E-state index in [9.17, 15) is 9.59 Å². The topological polar surface area (TPSA) is 76.7 Å². The molecule has 124 valence electrons. The second-order valence-corrected chi connectivity index (χ2v) is 5.79. The zero-order valence-corrected chi connectivity index (χ0v) is 13.8. The number of fused-ring (bicyclic) bond motifs is 1. The van der Waals surface area contributed by atoms with Crippen LogP contribution in [0.2, 0.25) is 10.0 Å². The van der Waals surface area contributed by atoms with E-state index >= 15 is 0 Å². The first kappa shape index (κ1) is 16.4. The molecule has 0 saturated carbocycles. The van der Waals surface area contributed by atoms with Crippen LogP contribution in [0.5, 0.6) is 11.5 Å². The normalized spacial score (nSPS) is 11.9. The van der Waals surface area contributed by atoms with Crippen LogP contribution in [0.4, 0.5) is 5.69 Å². The molecule has 1 heterocycles. The lowest BCUT2D eigenvalue weighted by atomic mass is 10.2. The van der Waals surface area contributed by atoms with E-state index in [1.54, 1.807) is 24.3 Å². The first-order valence-corrected chi connectivity index (χ1v) is 7.71. The van der Waals surface area contributed by atoms with Crippen molar-refractivity contribution in [2.75, 3.05) is 12.1 Å². The van der Waals surface area contributed by atoms with Gasteiger partial charge in [0.15, 0.2) is 11.5 Å². The second kappa shape index (κ2) is 6.98. The Morgan fingerprint density at radius 2 is 1.79 bits per heavy atom. The minimum absolute atomic E-state index is 0.176. The summed E-state index contributed by atoms with van der Waals surface area (Å²) in [5.41, 5.74) is 1.09. The third kappa shape index (κ3) is 3.72. The molecule has 0 aliphatic carbocycles. The summed E-state index contributed by atoms with van der Waals surface area (Å²) in [5, 5.41) is 5.64. The molecule has 0 radical (unpaired) electrons. The fourth-order valence-electron chi connectivity index (χ4n) is 2.08. The Hall–Kier alpha value is -2.44. The van der Waals surface area contributed by atoms with Gasteiger partial charge in [-0.1, -0.05) is 29.3 Å². The Morgan fingerprint density at radius 3 is 2.58 bits per heavy atom. The van der Waals surface area contributed by atoms with E-state index in [1.807, 2.05) is 0 Å². The minimum Gasteiger partial charge on any atom is -0.454 e. The first-order valence-electron chi connectivity index (χ1n) is 6.95. The van der Waals surface area contributed by atoms with E-state index in [0.29, 0.717) is 22.2 Å². The molecule has 0 spiro atoms. The summed E-state index contributed by atoms with van der Waals surface area (Å²) in [4.78, 5) is 23.8. The predicted molar refractivity (Wildman–Crippen MR) is 89.5 cm³/mol. The van der Waals surface area contributed by atoms with E-state index < -0.39 is 11.8 Å². The molecular weight excluding hydrogens is 355 g/mol. The van der Waals surface area contributed by atoms with Crippen LogP contribution in [-0.2, 0) is 16.1 Å². The lowest BCUT2D eigenvalue weighted by Crippen LogP contribution is -2.35. The molecule has 0 unspecified atom stereocenters. The van der Waals surface area contributed by atoms with Crippen molar-refractivity contribution in [2.24, 2.45) is 0 Å². The van der Waals surface area contributed by atoms with Crippen molar-refractivity contribution < 1.29 is 19.1 Å². The molecule has 24 heavy (non-hydrogen) atoms. The Bertz CT molecular complexity index is 811. The molecule has 2 aromatic rings. The van der Waals surface area contributed by atoms with Gasteiger partial charge in [0.2, 0.25) is 6.79 Å². The van der Waals surface area contributed by atoms with Crippen LogP contribution in [0.3, 0.4) is 0 Å². The number of rotatable bonds is 3. The number of hydrogen-bond donors (Lipinski definition) is 2. The molecule has 2 aromatic carbocycles. The highest BCUT2D eigenvalue weighted by Gasteiger charge is 2.17. The lowest BCUT2D eigenvalue weighted by molar-refractivity contribution is -0.136. The maximum absolute atomic E-state index is 11.9. The molecule has 6 nitrogen and oxygen atoms in total. The molecule has 8 heteroatoms. The number of nitrogens with one attached hydrogen (secondary N) is 2. The van der Waals surface area contributed by atoms with Gasteiger partial charge in [0.1, 0.15) is 0 Å². The number of hydrogen-bond acceptors (Lipinski definition) is 4. The summed E-state index contributed by atoms with van der Waals surface area (Å²) in [6, 6.07) is 9.83. The van der Waals surface area contributed by atoms with Gasteiger partial charge < -0.3 is 20.1 Å². The summed E-state index contributed by atoms with van der Waals surface area (Å²) >= 11 is 11.7. The molecule has 0 atom stereocenters. The van der Waals surface area contributed by atoms with Crippen LogP contribution >= 0.6 is 23.2 Å². The van der Waals surface area contributed by atoms with E-state index in [4.69, 9.17) is 32.7 Å².